The second-order valence-electron chi connectivity index (χ2n) is 4.18. The van der Waals surface area contributed by atoms with Gasteiger partial charge in [0.25, 0.3) is 0 Å². The highest BCUT2D eigenvalue weighted by atomic mass is 19.1. The van der Waals surface area contributed by atoms with Gasteiger partial charge in [-0.15, -0.1) is 0 Å². The number of benzene rings is 1. The van der Waals surface area contributed by atoms with Crippen LogP contribution in [0.4, 0.5) is 13.2 Å². The Morgan fingerprint density at radius 2 is 1.84 bits per heavy atom. The molecule has 0 amide bonds. The van der Waals surface area contributed by atoms with E-state index in [1.807, 2.05) is 0 Å². The van der Waals surface area contributed by atoms with E-state index in [4.69, 9.17) is 0 Å². The maximum absolute atomic E-state index is 13.6. The van der Waals surface area contributed by atoms with E-state index >= 15 is 0 Å². The quantitative estimate of drug-likeness (QED) is 0.920. The molecule has 2 rings (SSSR count). The Balaban J connectivity index is 2.29. The first-order valence-corrected chi connectivity index (χ1v) is 5.82. The van der Waals surface area contributed by atoms with Gasteiger partial charge in [-0.3, -0.25) is 4.98 Å². The molecule has 0 saturated heterocycles. The number of aromatic nitrogens is 1. The van der Waals surface area contributed by atoms with Crippen LogP contribution < -0.4 is 5.32 Å². The number of pyridine rings is 1. The molecular weight excluding hydrogens is 253 g/mol. The van der Waals surface area contributed by atoms with Gasteiger partial charge in [0, 0.05) is 17.8 Å². The number of likely N-dealkylation sites (N-methyl/N-ethyl adjacent to an activating group) is 1. The third-order valence-corrected chi connectivity index (χ3v) is 2.95. The summed E-state index contributed by atoms with van der Waals surface area (Å²) in [5.41, 5.74) is 0.524. The van der Waals surface area contributed by atoms with Crippen LogP contribution in [-0.4, -0.2) is 12.0 Å². The van der Waals surface area contributed by atoms with Crippen molar-refractivity contribution in [3.05, 3.63) is 65.2 Å². The SMILES string of the molecule is CNC(Cc1c(F)cccc1F)c1cncc(F)c1. The molecule has 2 aromatic rings. The summed E-state index contributed by atoms with van der Waals surface area (Å²) >= 11 is 0. The smallest absolute Gasteiger partial charge is 0.141 e. The minimum absolute atomic E-state index is 0.0221. The van der Waals surface area contributed by atoms with Crippen LogP contribution in [0.25, 0.3) is 0 Å². The highest BCUT2D eigenvalue weighted by molar-refractivity contribution is 5.24. The first-order chi connectivity index (χ1) is 9.11. The number of nitrogens with zero attached hydrogens (tertiary/aromatic N) is 1. The number of hydrogen-bond donors (Lipinski definition) is 1. The van der Waals surface area contributed by atoms with Gasteiger partial charge < -0.3 is 5.32 Å². The molecule has 0 fully saturated rings. The van der Waals surface area contributed by atoms with E-state index in [-0.39, 0.29) is 12.0 Å². The van der Waals surface area contributed by atoms with Crippen LogP contribution >= 0.6 is 0 Å². The third kappa shape index (κ3) is 3.12. The standard InChI is InChI=1S/C14H13F3N2/c1-18-14(9-5-10(15)8-19-7-9)6-11-12(16)3-2-4-13(11)17/h2-5,7-8,14,18H,6H2,1H3. The minimum Gasteiger partial charge on any atom is -0.313 e. The van der Waals surface area contributed by atoms with Gasteiger partial charge in [-0.05, 0) is 37.2 Å². The summed E-state index contributed by atoms with van der Waals surface area (Å²) in [6.45, 7) is 0. The van der Waals surface area contributed by atoms with Crippen LogP contribution in [0.1, 0.15) is 17.2 Å². The van der Waals surface area contributed by atoms with Crippen LogP contribution in [0.5, 0.6) is 0 Å². The lowest BCUT2D eigenvalue weighted by Crippen LogP contribution is -2.20. The molecule has 1 N–H and O–H groups in total. The summed E-state index contributed by atoms with van der Waals surface area (Å²) in [7, 11) is 1.65. The van der Waals surface area contributed by atoms with Gasteiger partial charge in [0.1, 0.15) is 17.5 Å². The van der Waals surface area contributed by atoms with Gasteiger partial charge in [0.05, 0.1) is 6.20 Å². The molecule has 0 aliphatic heterocycles. The van der Waals surface area contributed by atoms with E-state index in [9.17, 15) is 13.2 Å². The highest BCUT2D eigenvalue weighted by Gasteiger charge is 2.16. The average Bonchev–Trinajstić information content (AvgIpc) is 2.38. The normalized spacial score (nSPS) is 12.4. The zero-order valence-corrected chi connectivity index (χ0v) is 10.3. The van der Waals surface area contributed by atoms with Crippen molar-refractivity contribution in [2.45, 2.75) is 12.5 Å². The lowest BCUT2D eigenvalue weighted by Gasteiger charge is -2.17. The molecule has 0 saturated carbocycles. The highest BCUT2D eigenvalue weighted by Crippen LogP contribution is 2.22. The van der Waals surface area contributed by atoms with Gasteiger partial charge in [0.15, 0.2) is 0 Å². The molecule has 1 heterocycles. The Morgan fingerprint density at radius 3 is 2.42 bits per heavy atom. The van der Waals surface area contributed by atoms with Crippen LogP contribution in [0, 0.1) is 17.5 Å². The summed E-state index contributed by atoms with van der Waals surface area (Å²) in [5.74, 6) is -1.69. The van der Waals surface area contributed by atoms with E-state index in [2.05, 4.69) is 10.3 Å². The van der Waals surface area contributed by atoms with Gasteiger partial charge in [-0.1, -0.05) is 6.07 Å². The zero-order chi connectivity index (χ0) is 13.8. The minimum atomic E-state index is -0.607. The first kappa shape index (κ1) is 13.5. The fourth-order valence-electron chi connectivity index (χ4n) is 1.94. The summed E-state index contributed by atoms with van der Waals surface area (Å²) in [5, 5.41) is 2.91. The van der Waals surface area contributed by atoms with Crippen molar-refractivity contribution in [3.8, 4) is 0 Å². The summed E-state index contributed by atoms with van der Waals surface area (Å²) in [6.07, 6.45) is 2.64. The zero-order valence-electron chi connectivity index (χ0n) is 10.3. The van der Waals surface area contributed by atoms with E-state index < -0.39 is 23.5 Å². The molecule has 1 atom stereocenters. The lowest BCUT2D eigenvalue weighted by atomic mass is 9.99. The van der Waals surface area contributed by atoms with E-state index in [0.717, 1.165) is 6.20 Å². The number of hydrogen-bond acceptors (Lipinski definition) is 2. The first-order valence-electron chi connectivity index (χ1n) is 5.82. The predicted octanol–water partition coefficient (Wildman–Crippen LogP) is 3.00. The lowest BCUT2D eigenvalue weighted by molar-refractivity contribution is 0.512. The fraction of sp³-hybridized carbons (Fsp3) is 0.214. The molecule has 19 heavy (non-hydrogen) atoms. The Labute approximate surface area is 109 Å². The van der Waals surface area contributed by atoms with Gasteiger partial charge in [0.2, 0.25) is 0 Å². The summed E-state index contributed by atoms with van der Waals surface area (Å²) in [6, 6.07) is 4.61. The number of rotatable bonds is 4. The Bertz CT molecular complexity index is 552. The van der Waals surface area contributed by atoms with E-state index in [0.29, 0.717) is 5.56 Å². The predicted molar refractivity (Wildman–Crippen MR) is 66.1 cm³/mol. The van der Waals surface area contributed by atoms with Crippen molar-refractivity contribution < 1.29 is 13.2 Å². The summed E-state index contributed by atoms with van der Waals surface area (Å²) in [4.78, 5) is 3.74. The maximum atomic E-state index is 13.6. The van der Waals surface area contributed by atoms with Crippen molar-refractivity contribution in [1.29, 1.82) is 0 Å². The Hall–Kier alpha value is -1.88. The summed E-state index contributed by atoms with van der Waals surface area (Å²) < 4.78 is 40.3. The van der Waals surface area contributed by atoms with Crippen molar-refractivity contribution >= 4 is 0 Å². The third-order valence-electron chi connectivity index (χ3n) is 2.95. The van der Waals surface area contributed by atoms with Crippen molar-refractivity contribution in [3.63, 3.8) is 0 Å². The van der Waals surface area contributed by atoms with Crippen molar-refractivity contribution in [2.24, 2.45) is 0 Å². The van der Waals surface area contributed by atoms with Crippen LogP contribution in [-0.2, 0) is 6.42 Å². The molecule has 1 unspecified atom stereocenters. The monoisotopic (exact) mass is 266 g/mol. The molecule has 1 aromatic heterocycles. The molecule has 1 aromatic carbocycles. The Kier molecular flexibility index (Phi) is 4.16. The molecule has 0 radical (unpaired) electrons. The maximum Gasteiger partial charge on any atom is 0.141 e. The number of halogens is 3. The Morgan fingerprint density at radius 1 is 1.16 bits per heavy atom. The number of nitrogens with one attached hydrogen (secondary N) is 1. The molecule has 2 nitrogen and oxygen atoms in total. The molecule has 0 bridgehead atoms. The second kappa shape index (κ2) is 5.84. The van der Waals surface area contributed by atoms with Gasteiger partial charge >= 0.3 is 0 Å². The van der Waals surface area contributed by atoms with Crippen molar-refractivity contribution in [2.75, 3.05) is 7.05 Å². The van der Waals surface area contributed by atoms with Crippen LogP contribution in [0.15, 0.2) is 36.7 Å². The molecule has 100 valence electrons. The van der Waals surface area contributed by atoms with Crippen LogP contribution in [0.3, 0.4) is 0 Å². The van der Waals surface area contributed by atoms with Crippen molar-refractivity contribution in [1.82, 2.24) is 10.3 Å². The fourth-order valence-corrected chi connectivity index (χ4v) is 1.94. The average molecular weight is 266 g/mol. The van der Waals surface area contributed by atoms with Gasteiger partial charge in [-0.25, -0.2) is 13.2 Å². The topological polar surface area (TPSA) is 24.9 Å². The van der Waals surface area contributed by atoms with Crippen LogP contribution in [0.2, 0.25) is 0 Å². The van der Waals surface area contributed by atoms with E-state index in [1.54, 1.807) is 7.05 Å². The second-order valence-corrected chi connectivity index (χ2v) is 4.18. The molecule has 0 aliphatic rings. The molecule has 0 spiro atoms. The van der Waals surface area contributed by atoms with E-state index in [1.165, 1.54) is 30.5 Å². The molecule has 5 heteroatoms. The molecule has 0 aliphatic carbocycles. The largest absolute Gasteiger partial charge is 0.313 e. The van der Waals surface area contributed by atoms with Gasteiger partial charge in [-0.2, -0.15) is 0 Å². The molecular formula is C14H13F3N2.